The first-order valence-corrected chi connectivity index (χ1v) is 30.0. The number of aliphatic hydroxyl groups is 5. The lowest BCUT2D eigenvalue weighted by Gasteiger charge is -2.41. The van der Waals surface area contributed by atoms with Crippen LogP contribution in [0.1, 0.15) is 271 Å². The Kier molecular flexibility index (Phi) is 43.0. The van der Waals surface area contributed by atoms with E-state index in [-0.39, 0.29) is 12.8 Å². The number of rotatable bonds is 49. The van der Waals surface area contributed by atoms with Crippen LogP contribution in [0.3, 0.4) is 0 Å². The second kappa shape index (κ2) is 45.2. The Balaban J connectivity index is 2.32. The minimum atomic E-state index is -5.12. The number of carbonyl (C=O) groups excluding carboxylic acids is 2. The van der Waals surface area contributed by atoms with E-state index in [1.54, 1.807) is 0 Å². The van der Waals surface area contributed by atoms with Crippen molar-refractivity contribution in [2.75, 3.05) is 13.2 Å². The number of hydrogen-bond donors (Lipinski definition) is 6. The van der Waals surface area contributed by atoms with E-state index >= 15 is 0 Å². The Labute approximate surface area is 420 Å². The summed E-state index contributed by atoms with van der Waals surface area (Å²) in [7, 11) is -5.12. The van der Waals surface area contributed by atoms with E-state index < -0.39 is 75.7 Å². The molecule has 0 radical (unpaired) electrons. The van der Waals surface area contributed by atoms with Crippen LogP contribution in [0.4, 0.5) is 0 Å². The van der Waals surface area contributed by atoms with Gasteiger partial charge in [-0.15, -0.1) is 0 Å². The molecule has 8 atom stereocenters. The lowest BCUT2D eigenvalue weighted by Crippen LogP contribution is -2.64. The van der Waals surface area contributed by atoms with Gasteiger partial charge in [-0.2, -0.15) is 0 Å². The first kappa shape index (κ1) is 65.6. The van der Waals surface area contributed by atoms with E-state index in [0.29, 0.717) is 12.8 Å². The Morgan fingerprint density at radius 2 is 0.739 bits per heavy atom. The molecular formula is C55H105O13P. The molecule has 1 saturated carbocycles. The van der Waals surface area contributed by atoms with Gasteiger partial charge in [0.05, 0.1) is 6.61 Å². The SMILES string of the molecule is CCCCCC/C=C/CCCCCCCCCCCC(=O)OC[C@H](COP(=O)(O)OC1C(O)C(O)C(O)[C@@H](O)C1O)OC(=O)CCCCCCCCCCCCCCCCCCCCCCCCC. The lowest BCUT2D eigenvalue weighted by atomic mass is 9.85. The number of phosphoric acid groups is 1. The van der Waals surface area contributed by atoms with Crippen molar-refractivity contribution in [1.82, 2.24) is 0 Å². The zero-order chi connectivity index (χ0) is 50.6. The molecule has 0 aliphatic heterocycles. The summed E-state index contributed by atoms with van der Waals surface area (Å²) in [6, 6.07) is 0. The van der Waals surface area contributed by atoms with Crippen LogP contribution in [0.15, 0.2) is 12.2 Å². The molecule has 0 amide bonds. The summed E-state index contributed by atoms with van der Waals surface area (Å²) < 4.78 is 33.7. The quantitative estimate of drug-likeness (QED) is 0.0145. The van der Waals surface area contributed by atoms with Crippen molar-refractivity contribution in [3.63, 3.8) is 0 Å². The first-order valence-electron chi connectivity index (χ1n) is 28.5. The van der Waals surface area contributed by atoms with E-state index in [1.165, 1.54) is 186 Å². The van der Waals surface area contributed by atoms with Gasteiger partial charge >= 0.3 is 19.8 Å². The van der Waals surface area contributed by atoms with Crippen LogP contribution in [0.5, 0.6) is 0 Å². The monoisotopic (exact) mass is 1000 g/mol. The van der Waals surface area contributed by atoms with Gasteiger partial charge < -0.3 is 39.9 Å². The van der Waals surface area contributed by atoms with Gasteiger partial charge in [0.1, 0.15) is 43.2 Å². The normalized spacial score (nSPS) is 20.9. The molecule has 0 saturated heterocycles. The highest BCUT2D eigenvalue weighted by atomic mass is 31.2. The average Bonchev–Trinajstić information content (AvgIpc) is 3.33. The van der Waals surface area contributed by atoms with Crippen LogP contribution in [0.2, 0.25) is 0 Å². The summed E-state index contributed by atoms with van der Waals surface area (Å²) in [6.07, 6.45) is 38.3. The molecule has 6 unspecified atom stereocenters. The van der Waals surface area contributed by atoms with Crippen molar-refractivity contribution in [2.45, 2.75) is 313 Å². The fourth-order valence-electron chi connectivity index (χ4n) is 9.05. The summed E-state index contributed by atoms with van der Waals surface area (Å²) in [6.45, 7) is 3.35. The molecule has 0 spiro atoms. The molecule has 0 aromatic rings. The van der Waals surface area contributed by atoms with Crippen LogP contribution < -0.4 is 0 Å². The standard InChI is InChI=1S/C55H105O13P/c1-3-5-7-9-11-13-15-17-19-21-22-23-24-25-26-28-30-32-34-36-38-40-42-44-49(57)67-47(46-66-69(63,64)68-55-53(61)51(59)50(58)52(60)54(55)62)45-65-48(56)43-41-39-37-35-33-31-29-27-20-18-16-14-12-10-8-6-4-2/h14,16,47,50-55,58-62H,3-13,15,17-46H2,1-2H3,(H,63,64)/b16-14+/t47-,50?,51-,52?,53?,54?,55?/m1/s1. The maximum absolute atomic E-state index is 12.9. The van der Waals surface area contributed by atoms with Crippen molar-refractivity contribution in [3.05, 3.63) is 12.2 Å². The molecule has 13 nitrogen and oxygen atoms in total. The molecule has 408 valence electrons. The summed E-state index contributed by atoms with van der Waals surface area (Å²) >= 11 is 0. The number of allylic oxidation sites excluding steroid dienone is 2. The van der Waals surface area contributed by atoms with Crippen LogP contribution in [-0.4, -0.2) is 98.3 Å². The second-order valence-electron chi connectivity index (χ2n) is 20.2. The maximum Gasteiger partial charge on any atom is 0.472 e. The number of aliphatic hydroxyl groups excluding tert-OH is 5. The van der Waals surface area contributed by atoms with Crippen LogP contribution in [-0.2, 0) is 32.7 Å². The Hall–Kier alpha value is -1.41. The predicted molar refractivity (Wildman–Crippen MR) is 277 cm³/mol. The fourth-order valence-corrected chi connectivity index (χ4v) is 10.0. The molecule has 6 N–H and O–H groups in total. The van der Waals surface area contributed by atoms with Crippen molar-refractivity contribution in [2.24, 2.45) is 0 Å². The van der Waals surface area contributed by atoms with E-state index in [1.807, 2.05) is 0 Å². The van der Waals surface area contributed by atoms with Gasteiger partial charge in [0.15, 0.2) is 6.10 Å². The van der Waals surface area contributed by atoms with Gasteiger partial charge in [-0.05, 0) is 38.5 Å². The molecule has 14 heteroatoms. The third-order valence-corrected chi connectivity index (χ3v) is 14.6. The van der Waals surface area contributed by atoms with E-state index in [2.05, 4.69) is 26.0 Å². The minimum absolute atomic E-state index is 0.103. The third kappa shape index (κ3) is 37.1. The smallest absolute Gasteiger partial charge is 0.462 e. The molecule has 1 rings (SSSR count). The average molecular weight is 1010 g/mol. The number of unbranched alkanes of at least 4 members (excludes halogenated alkanes) is 35. The summed E-state index contributed by atoms with van der Waals surface area (Å²) in [5.41, 5.74) is 0. The Morgan fingerprint density at radius 3 is 1.12 bits per heavy atom. The van der Waals surface area contributed by atoms with Gasteiger partial charge in [0.2, 0.25) is 0 Å². The lowest BCUT2D eigenvalue weighted by molar-refractivity contribution is -0.220. The van der Waals surface area contributed by atoms with Gasteiger partial charge in [-0.3, -0.25) is 18.6 Å². The van der Waals surface area contributed by atoms with Crippen molar-refractivity contribution in [1.29, 1.82) is 0 Å². The van der Waals surface area contributed by atoms with E-state index in [9.17, 15) is 44.6 Å². The summed E-state index contributed by atoms with van der Waals surface area (Å²) in [4.78, 5) is 35.9. The topological polar surface area (TPSA) is 210 Å². The first-order chi connectivity index (χ1) is 33.4. The van der Waals surface area contributed by atoms with Gasteiger partial charge in [0.25, 0.3) is 0 Å². The fraction of sp³-hybridized carbons (Fsp3) is 0.927. The van der Waals surface area contributed by atoms with E-state index in [4.69, 9.17) is 18.5 Å². The van der Waals surface area contributed by atoms with Gasteiger partial charge in [0, 0.05) is 12.8 Å². The van der Waals surface area contributed by atoms with Crippen molar-refractivity contribution in [3.8, 4) is 0 Å². The minimum Gasteiger partial charge on any atom is -0.462 e. The Morgan fingerprint density at radius 1 is 0.435 bits per heavy atom. The molecule has 1 fully saturated rings. The van der Waals surface area contributed by atoms with Crippen LogP contribution in [0, 0.1) is 0 Å². The Bertz CT molecular complexity index is 1250. The second-order valence-corrected chi connectivity index (χ2v) is 21.6. The highest BCUT2D eigenvalue weighted by Crippen LogP contribution is 2.47. The summed E-state index contributed by atoms with van der Waals surface area (Å²) in [5, 5.41) is 50.4. The molecule has 0 aromatic carbocycles. The molecule has 69 heavy (non-hydrogen) atoms. The third-order valence-electron chi connectivity index (χ3n) is 13.6. The van der Waals surface area contributed by atoms with Gasteiger partial charge in [-0.1, -0.05) is 231 Å². The number of ether oxygens (including phenoxy) is 2. The van der Waals surface area contributed by atoms with Crippen molar-refractivity contribution >= 4 is 19.8 Å². The number of esters is 2. The zero-order valence-electron chi connectivity index (χ0n) is 43.9. The van der Waals surface area contributed by atoms with Crippen LogP contribution >= 0.6 is 7.82 Å². The molecule has 0 heterocycles. The van der Waals surface area contributed by atoms with Crippen LogP contribution in [0.25, 0.3) is 0 Å². The van der Waals surface area contributed by atoms with Gasteiger partial charge in [-0.25, -0.2) is 4.57 Å². The summed E-state index contributed by atoms with van der Waals surface area (Å²) in [5.74, 6) is -1.08. The van der Waals surface area contributed by atoms with Crippen molar-refractivity contribution < 1.29 is 63.1 Å². The molecule has 1 aliphatic rings. The highest BCUT2D eigenvalue weighted by molar-refractivity contribution is 7.47. The maximum atomic E-state index is 12.9. The zero-order valence-corrected chi connectivity index (χ0v) is 44.8. The predicted octanol–water partition coefficient (Wildman–Crippen LogP) is 13.0. The number of carbonyl (C=O) groups is 2. The molecule has 0 bridgehead atoms. The molecular weight excluding hydrogens is 900 g/mol. The largest absolute Gasteiger partial charge is 0.472 e. The number of hydrogen-bond acceptors (Lipinski definition) is 12. The highest BCUT2D eigenvalue weighted by Gasteiger charge is 2.51. The number of phosphoric ester groups is 1. The van der Waals surface area contributed by atoms with E-state index in [0.717, 1.165) is 44.9 Å². The molecule has 0 aromatic heterocycles. The molecule has 1 aliphatic carbocycles.